The molecular formula is C13H20O2. The summed E-state index contributed by atoms with van der Waals surface area (Å²) in [6.07, 6.45) is 1.97. The second-order valence-electron chi connectivity index (χ2n) is 4.10. The van der Waals surface area contributed by atoms with E-state index in [1.807, 2.05) is 26.0 Å². The quantitative estimate of drug-likeness (QED) is 0.730. The Morgan fingerprint density at radius 1 is 1.20 bits per heavy atom. The summed E-state index contributed by atoms with van der Waals surface area (Å²) in [5.74, 6) is 0. The lowest BCUT2D eigenvalue weighted by atomic mass is 9.97. The monoisotopic (exact) mass is 208 g/mol. The van der Waals surface area contributed by atoms with Gasteiger partial charge in [-0.05, 0) is 44.2 Å². The number of benzene rings is 1. The molecule has 0 saturated carbocycles. The summed E-state index contributed by atoms with van der Waals surface area (Å²) in [4.78, 5) is 0. The molecule has 84 valence electrons. The van der Waals surface area contributed by atoms with E-state index in [9.17, 15) is 5.11 Å². The van der Waals surface area contributed by atoms with Gasteiger partial charge in [-0.2, -0.15) is 0 Å². The molecule has 0 aliphatic heterocycles. The van der Waals surface area contributed by atoms with Gasteiger partial charge < -0.3 is 10.2 Å². The molecule has 0 fully saturated rings. The van der Waals surface area contributed by atoms with Crippen LogP contribution in [0.5, 0.6) is 0 Å². The lowest BCUT2D eigenvalue weighted by molar-refractivity contribution is 0.158. The molecule has 0 amide bonds. The van der Waals surface area contributed by atoms with Crippen LogP contribution < -0.4 is 0 Å². The molecule has 2 nitrogen and oxygen atoms in total. The first-order valence-corrected chi connectivity index (χ1v) is 5.51. The highest BCUT2D eigenvalue weighted by Crippen LogP contribution is 2.23. The van der Waals surface area contributed by atoms with Crippen LogP contribution in [0.25, 0.3) is 0 Å². The van der Waals surface area contributed by atoms with Crippen molar-refractivity contribution in [2.24, 2.45) is 0 Å². The molecule has 0 heterocycles. The van der Waals surface area contributed by atoms with Crippen LogP contribution in [0.4, 0.5) is 0 Å². The molecule has 0 aromatic heterocycles. The molecule has 0 radical (unpaired) electrons. The van der Waals surface area contributed by atoms with Gasteiger partial charge in [0, 0.05) is 6.61 Å². The van der Waals surface area contributed by atoms with Gasteiger partial charge in [0.25, 0.3) is 0 Å². The number of unbranched alkanes of at least 4 members (excludes halogenated alkanes) is 1. The average molecular weight is 208 g/mol. The smallest absolute Gasteiger partial charge is 0.0792 e. The Bertz CT molecular complexity index is 307. The van der Waals surface area contributed by atoms with Crippen molar-refractivity contribution in [3.63, 3.8) is 0 Å². The van der Waals surface area contributed by atoms with Crippen LogP contribution in [-0.2, 0) is 0 Å². The predicted molar refractivity (Wildman–Crippen MR) is 61.8 cm³/mol. The maximum absolute atomic E-state index is 9.97. The highest BCUT2D eigenvalue weighted by molar-refractivity contribution is 5.32. The summed E-state index contributed by atoms with van der Waals surface area (Å²) in [5.41, 5.74) is 3.34. The van der Waals surface area contributed by atoms with Gasteiger partial charge in [0.15, 0.2) is 0 Å². The second kappa shape index (κ2) is 5.89. The molecule has 1 aromatic carbocycles. The highest BCUT2D eigenvalue weighted by Gasteiger charge is 2.09. The Labute approximate surface area is 91.6 Å². The van der Waals surface area contributed by atoms with E-state index in [-0.39, 0.29) is 6.61 Å². The van der Waals surface area contributed by atoms with Crippen molar-refractivity contribution < 1.29 is 10.2 Å². The molecule has 0 spiro atoms. The van der Waals surface area contributed by atoms with Gasteiger partial charge in [-0.15, -0.1) is 0 Å². The third kappa shape index (κ3) is 3.65. The van der Waals surface area contributed by atoms with Gasteiger partial charge in [-0.25, -0.2) is 0 Å². The lowest BCUT2D eigenvalue weighted by Crippen LogP contribution is -2.01. The first-order valence-electron chi connectivity index (χ1n) is 5.51. The van der Waals surface area contributed by atoms with Crippen molar-refractivity contribution in [2.45, 2.75) is 39.2 Å². The Hall–Kier alpha value is -0.860. The van der Waals surface area contributed by atoms with Crippen molar-refractivity contribution in [2.75, 3.05) is 6.61 Å². The normalized spacial score (nSPS) is 12.8. The van der Waals surface area contributed by atoms with E-state index in [4.69, 9.17) is 5.11 Å². The molecule has 2 heteroatoms. The SMILES string of the molecule is Cc1ccc(C)c(C(O)CCCCO)c1. The molecule has 1 unspecified atom stereocenters. The van der Waals surface area contributed by atoms with Crippen molar-refractivity contribution in [1.29, 1.82) is 0 Å². The van der Waals surface area contributed by atoms with Crippen LogP contribution in [0.15, 0.2) is 18.2 Å². The average Bonchev–Trinajstić information content (AvgIpc) is 2.22. The standard InChI is InChI=1S/C13H20O2/c1-10-6-7-11(2)12(9-10)13(15)5-3-4-8-14/h6-7,9,13-15H,3-5,8H2,1-2H3. The van der Waals surface area contributed by atoms with E-state index in [2.05, 4.69) is 6.07 Å². The first-order chi connectivity index (χ1) is 7.15. The molecular weight excluding hydrogens is 188 g/mol. The van der Waals surface area contributed by atoms with Crippen LogP contribution in [0.3, 0.4) is 0 Å². The largest absolute Gasteiger partial charge is 0.396 e. The van der Waals surface area contributed by atoms with Crippen LogP contribution in [0.1, 0.15) is 42.1 Å². The topological polar surface area (TPSA) is 40.5 Å². The highest BCUT2D eigenvalue weighted by atomic mass is 16.3. The summed E-state index contributed by atoms with van der Waals surface area (Å²) >= 11 is 0. The predicted octanol–water partition coefficient (Wildman–Crippen LogP) is 2.50. The van der Waals surface area contributed by atoms with Crippen molar-refractivity contribution in [1.82, 2.24) is 0 Å². The van der Waals surface area contributed by atoms with Gasteiger partial charge in [-0.3, -0.25) is 0 Å². The minimum Gasteiger partial charge on any atom is -0.396 e. The van der Waals surface area contributed by atoms with Crippen molar-refractivity contribution in [3.8, 4) is 0 Å². The third-order valence-corrected chi connectivity index (χ3v) is 2.68. The summed E-state index contributed by atoms with van der Waals surface area (Å²) in [6.45, 7) is 4.26. The Morgan fingerprint density at radius 3 is 2.60 bits per heavy atom. The van der Waals surface area contributed by atoms with Crippen molar-refractivity contribution >= 4 is 0 Å². The zero-order chi connectivity index (χ0) is 11.3. The van der Waals surface area contributed by atoms with Gasteiger partial charge in [0.1, 0.15) is 0 Å². The van der Waals surface area contributed by atoms with Crippen LogP contribution >= 0.6 is 0 Å². The molecule has 0 aliphatic carbocycles. The van der Waals surface area contributed by atoms with E-state index in [0.29, 0.717) is 0 Å². The fourth-order valence-corrected chi connectivity index (χ4v) is 1.72. The van der Waals surface area contributed by atoms with Gasteiger partial charge in [0.05, 0.1) is 6.10 Å². The lowest BCUT2D eigenvalue weighted by Gasteiger charge is -2.14. The zero-order valence-corrected chi connectivity index (χ0v) is 9.53. The molecule has 1 aromatic rings. The van der Waals surface area contributed by atoms with E-state index in [1.165, 1.54) is 5.56 Å². The van der Waals surface area contributed by atoms with Crippen LogP contribution in [0, 0.1) is 13.8 Å². The first kappa shape index (κ1) is 12.2. The zero-order valence-electron chi connectivity index (χ0n) is 9.53. The van der Waals surface area contributed by atoms with E-state index in [0.717, 1.165) is 30.4 Å². The van der Waals surface area contributed by atoms with Gasteiger partial charge in [0.2, 0.25) is 0 Å². The number of hydrogen-bond acceptors (Lipinski definition) is 2. The molecule has 0 bridgehead atoms. The van der Waals surface area contributed by atoms with Gasteiger partial charge >= 0.3 is 0 Å². The minimum atomic E-state index is -0.392. The fraction of sp³-hybridized carbons (Fsp3) is 0.538. The summed E-state index contributed by atoms with van der Waals surface area (Å²) in [6, 6.07) is 6.14. The molecule has 0 aliphatic rings. The third-order valence-electron chi connectivity index (χ3n) is 2.68. The Morgan fingerprint density at radius 2 is 1.93 bits per heavy atom. The number of hydrogen-bond donors (Lipinski definition) is 2. The number of aryl methyl sites for hydroxylation is 2. The molecule has 0 saturated heterocycles. The second-order valence-corrected chi connectivity index (χ2v) is 4.10. The minimum absolute atomic E-state index is 0.208. The summed E-state index contributed by atoms with van der Waals surface area (Å²) < 4.78 is 0. The molecule has 2 N–H and O–H groups in total. The fourth-order valence-electron chi connectivity index (χ4n) is 1.72. The van der Waals surface area contributed by atoms with Gasteiger partial charge in [-0.1, -0.05) is 23.8 Å². The summed E-state index contributed by atoms with van der Waals surface area (Å²) in [5, 5.41) is 18.6. The number of rotatable bonds is 5. The maximum Gasteiger partial charge on any atom is 0.0792 e. The van der Waals surface area contributed by atoms with Crippen LogP contribution in [0.2, 0.25) is 0 Å². The Balaban J connectivity index is 2.64. The maximum atomic E-state index is 9.97. The molecule has 1 atom stereocenters. The van der Waals surface area contributed by atoms with E-state index >= 15 is 0 Å². The molecule has 1 rings (SSSR count). The number of aliphatic hydroxyl groups excluding tert-OH is 2. The van der Waals surface area contributed by atoms with E-state index < -0.39 is 6.10 Å². The van der Waals surface area contributed by atoms with Crippen molar-refractivity contribution in [3.05, 3.63) is 34.9 Å². The summed E-state index contributed by atoms with van der Waals surface area (Å²) in [7, 11) is 0. The molecule has 15 heavy (non-hydrogen) atoms. The Kier molecular flexibility index (Phi) is 4.79. The van der Waals surface area contributed by atoms with Crippen LogP contribution in [-0.4, -0.2) is 16.8 Å². The number of aliphatic hydroxyl groups is 2. The van der Waals surface area contributed by atoms with E-state index in [1.54, 1.807) is 0 Å².